The lowest BCUT2D eigenvalue weighted by Crippen LogP contribution is -2.44. The van der Waals surface area contributed by atoms with Gasteiger partial charge in [0.25, 0.3) is 0 Å². The molecular weight excluding hydrogens is 209 g/mol. The van der Waals surface area contributed by atoms with E-state index in [-0.39, 0.29) is 5.82 Å². The van der Waals surface area contributed by atoms with Crippen LogP contribution in [-0.2, 0) is 0 Å². The first-order valence-corrected chi connectivity index (χ1v) is 5.33. The molecule has 0 aliphatic carbocycles. The molecule has 0 spiro atoms. The average Bonchev–Trinajstić information content (AvgIpc) is 2.30. The molecule has 88 valence electrons. The van der Waals surface area contributed by atoms with Crippen molar-refractivity contribution in [1.29, 1.82) is 0 Å². The molecule has 0 unspecified atom stereocenters. The van der Waals surface area contributed by atoms with E-state index in [2.05, 4.69) is 21.8 Å². The van der Waals surface area contributed by atoms with E-state index in [4.69, 9.17) is 4.74 Å². The van der Waals surface area contributed by atoms with Crippen LogP contribution in [0.15, 0.2) is 12.3 Å². The van der Waals surface area contributed by atoms with Gasteiger partial charge in [-0.1, -0.05) is 0 Å². The second-order valence-corrected chi connectivity index (χ2v) is 3.97. The van der Waals surface area contributed by atoms with E-state index < -0.39 is 0 Å². The van der Waals surface area contributed by atoms with Crippen molar-refractivity contribution in [2.75, 3.05) is 45.2 Å². The highest BCUT2D eigenvalue weighted by Crippen LogP contribution is 2.26. The van der Waals surface area contributed by atoms with Crippen molar-refractivity contribution < 1.29 is 9.13 Å². The Bertz CT molecular complexity index is 364. The van der Waals surface area contributed by atoms with E-state index in [0.29, 0.717) is 5.75 Å². The number of piperazine rings is 1. The quantitative estimate of drug-likeness (QED) is 0.750. The minimum atomic E-state index is -0.366. The van der Waals surface area contributed by atoms with Crippen LogP contribution < -0.4 is 9.64 Å². The van der Waals surface area contributed by atoms with Crippen LogP contribution in [0, 0.1) is 5.82 Å². The van der Waals surface area contributed by atoms with Gasteiger partial charge in [-0.15, -0.1) is 0 Å². The monoisotopic (exact) mass is 225 g/mol. The van der Waals surface area contributed by atoms with E-state index in [9.17, 15) is 4.39 Å². The SMILES string of the molecule is COc1cc(F)cnc1N1CCN(C)CC1. The van der Waals surface area contributed by atoms with Crippen molar-refractivity contribution in [2.24, 2.45) is 0 Å². The van der Waals surface area contributed by atoms with Crippen LogP contribution in [0.25, 0.3) is 0 Å². The van der Waals surface area contributed by atoms with Crippen molar-refractivity contribution in [3.63, 3.8) is 0 Å². The maximum Gasteiger partial charge on any atom is 0.171 e. The topological polar surface area (TPSA) is 28.6 Å². The van der Waals surface area contributed by atoms with Gasteiger partial charge in [0.05, 0.1) is 13.3 Å². The number of anilines is 1. The molecule has 0 N–H and O–H groups in total. The Labute approximate surface area is 94.6 Å². The van der Waals surface area contributed by atoms with E-state index in [1.165, 1.54) is 19.4 Å². The predicted octanol–water partition coefficient (Wildman–Crippen LogP) is 0.981. The van der Waals surface area contributed by atoms with Gasteiger partial charge >= 0.3 is 0 Å². The number of likely N-dealkylation sites (N-methyl/N-ethyl adjacent to an activating group) is 1. The Morgan fingerprint density at radius 3 is 2.62 bits per heavy atom. The maximum atomic E-state index is 13.0. The molecule has 0 bridgehead atoms. The van der Waals surface area contributed by atoms with E-state index >= 15 is 0 Å². The van der Waals surface area contributed by atoms with Crippen LogP contribution in [-0.4, -0.2) is 50.2 Å². The highest BCUT2D eigenvalue weighted by atomic mass is 19.1. The molecule has 0 atom stereocenters. The molecule has 0 saturated carbocycles. The lowest BCUT2D eigenvalue weighted by Gasteiger charge is -2.33. The van der Waals surface area contributed by atoms with Crippen LogP contribution in [0.5, 0.6) is 5.75 Å². The zero-order valence-corrected chi connectivity index (χ0v) is 9.61. The molecule has 2 heterocycles. The number of halogens is 1. The number of aromatic nitrogens is 1. The molecule has 0 amide bonds. The molecule has 5 heteroatoms. The molecule has 1 aromatic heterocycles. The van der Waals surface area contributed by atoms with E-state index in [1.807, 2.05) is 0 Å². The fourth-order valence-corrected chi connectivity index (χ4v) is 1.82. The third-order valence-electron chi connectivity index (χ3n) is 2.82. The van der Waals surface area contributed by atoms with Crippen LogP contribution in [0.3, 0.4) is 0 Å². The second-order valence-electron chi connectivity index (χ2n) is 3.97. The number of nitrogens with zero attached hydrogens (tertiary/aromatic N) is 3. The van der Waals surface area contributed by atoms with Crippen LogP contribution in [0.1, 0.15) is 0 Å². The van der Waals surface area contributed by atoms with Gasteiger partial charge in [-0.3, -0.25) is 0 Å². The largest absolute Gasteiger partial charge is 0.493 e. The van der Waals surface area contributed by atoms with Gasteiger partial charge in [-0.25, -0.2) is 9.37 Å². The molecule has 16 heavy (non-hydrogen) atoms. The Morgan fingerprint density at radius 1 is 1.31 bits per heavy atom. The highest BCUT2D eigenvalue weighted by Gasteiger charge is 2.19. The number of methoxy groups -OCH3 is 1. The first-order valence-electron chi connectivity index (χ1n) is 5.33. The number of hydrogen-bond acceptors (Lipinski definition) is 4. The average molecular weight is 225 g/mol. The number of hydrogen-bond donors (Lipinski definition) is 0. The molecular formula is C11H16FN3O. The number of rotatable bonds is 2. The van der Waals surface area contributed by atoms with Crippen molar-refractivity contribution >= 4 is 5.82 Å². The molecule has 1 fully saturated rings. The molecule has 1 saturated heterocycles. The Hall–Kier alpha value is -1.36. The highest BCUT2D eigenvalue weighted by molar-refractivity contribution is 5.52. The molecule has 1 aliphatic heterocycles. The summed E-state index contributed by atoms with van der Waals surface area (Å²) in [5.41, 5.74) is 0. The third kappa shape index (κ3) is 2.24. The Balaban J connectivity index is 2.19. The van der Waals surface area contributed by atoms with Crippen molar-refractivity contribution in [3.05, 3.63) is 18.1 Å². The Kier molecular flexibility index (Phi) is 3.24. The fourth-order valence-electron chi connectivity index (χ4n) is 1.82. The van der Waals surface area contributed by atoms with Gasteiger partial charge in [0.1, 0.15) is 5.82 Å². The minimum absolute atomic E-state index is 0.366. The normalized spacial score (nSPS) is 17.6. The Morgan fingerprint density at radius 2 is 2.00 bits per heavy atom. The summed E-state index contributed by atoms with van der Waals surface area (Å²) in [7, 11) is 3.63. The van der Waals surface area contributed by atoms with Crippen molar-refractivity contribution in [2.45, 2.75) is 0 Å². The zero-order valence-electron chi connectivity index (χ0n) is 9.61. The van der Waals surface area contributed by atoms with E-state index in [0.717, 1.165) is 32.0 Å². The molecule has 1 aromatic rings. The summed E-state index contributed by atoms with van der Waals surface area (Å²) in [6.45, 7) is 3.77. The van der Waals surface area contributed by atoms with Gasteiger partial charge in [-0.05, 0) is 7.05 Å². The smallest absolute Gasteiger partial charge is 0.171 e. The summed E-state index contributed by atoms with van der Waals surface area (Å²) in [5.74, 6) is 0.872. The zero-order chi connectivity index (χ0) is 11.5. The summed E-state index contributed by atoms with van der Waals surface area (Å²) in [6.07, 6.45) is 1.23. The lowest BCUT2D eigenvalue weighted by molar-refractivity contribution is 0.309. The van der Waals surface area contributed by atoms with Gasteiger partial charge < -0.3 is 14.5 Å². The van der Waals surface area contributed by atoms with Crippen LogP contribution in [0.4, 0.5) is 10.2 Å². The third-order valence-corrected chi connectivity index (χ3v) is 2.82. The van der Waals surface area contributed by atoms with Gasteiger partial charge in [-0.2, -0.15) is 0 Å². The summed E-state index contributed by atoms with van der Waals surface area (Å²) >= 11 is 0. The fraction of sp³-hybridized carbons (Fsp3) is 0.545. The summed E-state index contributed by atoms with van der Waals surface area (Å²) < 4.78 is 18.1. The number of pyridine rings is 1. The van der Waals surface area contributed by atoms with Gasteiger partial charge in [0, 0.05) is 32.2 Å². The van der Waals surface area contributed by atoms with Crippen LogP contribution in [0.2, 0.25) is 0 Å². The first-order chi connectivity index (χ1) is 7.70. The van der Waals surface area contributed by atoms with Gasteiger partial charge in [0.2, 0.25) is 0 Å². The standard InChI is InChI=1S/C11H16FN3O/c1-14-3-5-15(6-4-14)11-10(16-2)7-9(12)8-13-11/h7-8H,3-6H2,1-2H3. The lowest BCUT2D eigenvalue weighted by atomic mass is 10.3. The molecule has 0 radical (unpaired) electrons. The second kappa shape index (κ2) is 4.65. The van der Waals surface area contributed by atoms with Crippen molar-refractivity contribution in [1.82, 2.24) is 9.88 Å². The molecule has 4 nitrogen and oxygen atoms in total. The van der Waals surface area contributed by atoms with Gasteiger partial charge in [0.15, 0.2) is 11.6 Å². The first kappa shape index (κ1) is 11.1. The molecule has 0 aromatic carbocycles. The predicted molar refractivity (Wildman–Crippen MR) is 60.5 cm³/mol. The van der Waals surface area contributed by atoms with Crippen LogP contribution >= 0.6 is 0 Å². The summed E-state index contributed by atoms with van der Waals surface area (Å²) in [5, 5.41) is 0. The summed E-state index contributed by atoms with van der Waals surface area (Å²) in [4.78, 5) is 8.48. The molecule has 2 rings (SSSR count). The minimum Gasteiger partial charge on any atom is -0.493 e. The van der Waals surface area contributed by atoms with Crippen molar-refractivity contribution in [3.8, 4) is 5.75 Å². The van der Waals surface area contributed by atoms with E-state index in [1.54, 1.807) is 0 Å². The summed E-state index contributed by atoms with van der Waals surface area (Å²) in [6, 6.07) is 1.38. The maximum absolute atomic E-state index is 13.0. The molecule has 1 aliphatic rings. The number of ether oxygens (including phenoxy) is 1.